The number of methoxy groups -OCH3 is 1. The number of para-hydroxylation sites is 1. The van der Waals surface area contributed by atoms with E-state index in [1.54, 1.807) is 7.11 Å². The smallest absolute Gasteiger partial charge is 0.194 e. The quantitative estimate of drug-likeness (QED) is 0.549. The Labute approximate surface area is 171 Å². The van der Waals surface area contributed by atoms with E-state index < -0.39 is 0 Å². The number of anilines is 1. The molecule has 0 unspecified atom stereocenters. The largest absolute Gasteiger partial charge is 0.497 e. The van der Waals surface area contributed by atoms with Gasteiger partial charge in [0.2, 0.25) is 0 Å². The Bertz CT molecular complexity index is 973. The molecule has 0 saturated carbocycles. The predicted molar refractivity (Wildman–Crippen MR) is 119 cm³/mol. The Morgan fingerprint density at radius 3 is 2.52 bits per heavy atom. The number of guanidine groups is 1. The molecule has 0 aliphatic carbocycles. The number of hydrogen-bond acceptors (Lipinski definition) is 4. The van der Waals surface area contributed by atoms with Crippen molar-refractivity contribution in [3.8, 4) is 5.75 Å². The summed E-state index contributed by atoms with van der Waals surface area (Å²) in [7, 11) is 3.54. The van der Waals surface area contributed by atoms with Crippen molar-refractivity contribution < 1.29 is 4.74 Å². The summed E-state index contributed by atoms with van der Waals surface area (Å²) in [6, 6.07) is 18.6. The van der Waals surface area contributed by atoms with E-state index in [4.69, 9.17) is 4.74 Å². The number of rotatable bonds is 4. The fraction of sp³-hybridized carbons (Fsp3) is 0.304. The summed E-state index contributed by atoms with van der Waals surface area (Å²) in [5, 5.41) is 4.68. The van der Waals surface area contributed by atoms with E-state index in [1.165, 1.54) is 11.3 Å². The highest BCUT2D eigenvalue weighted by atomic mass is 16.5. The maximum Gasteiger partial charge on any atom is 0.194 e. The zero-order valence-electron chi connectivity index (χ0n) is 17.0. The summed E-state index contributed by atoms with van der Waals surface area (Å²) in [6.07, 6.45) is 1.85. The van der Waals surface area contributed by atoms with Crippen LogP contribution in [0.3, 0.4) is 0 Å². The van der Waals surface area contributed by atoms with Crippen molar-refractivity contribution in [1.29, 1.82) is 0 Å². The first-order valence-electron chi connectivity index (χ1n) is 9.95. The highest BCUT2D eigenvalue weighted by Crippen LogP contribution is 2.21. The number of fused-ring (bicyclic) bond motifs is 1. The number of nitrogens with zero attached hydrogens (tertiary/aromatic N) is 4. The Kier molecular flexibility index (Phi) is 5.79. The molecule has 0 atom stereocenters. The molecule has 1 saturated heterocycles. The van der Waals surface area contributed by atoms with Gasteiger partial charge in [0.1, 0.15) is 5.75 Å². The molecule has 0 radical (unpaired) electrons. The van der Waals surface area contributed by atoms with Gasteiger partial charge in [-0.3, -0.25) is 9.98 Å². The number of ether oxygens (including phenoxy) is 1. The molecule has 1 fully saturated rings. The van der Waals surface area contributed by atoms with Gasteiger partial charge in [-0.25, -0.2) is 0 Å². The van der Waals surface area contributed by atoms with Crippen LogP contribution in [0.25, 0.3) is 10.9 Å². The van der Waals surface area contributed by atoms with Crippen molar-refractivity contribution in [1.82, 2.24) is 15.2 Å². The summed E-state index contributed by atoms with van der Waals surface area (Å²) in [6.45, 7) is 4.49. The zero-order valence-corrected chi connectivity index (χ0v) is 17.0. The summed E-state index contributed by atoms with van der Waals surface area (Å²) in [4.78, 5) is 13.8. The number of aliphatic imine (C=N–C) groups is 1. The number of pyridine rings is 1. The SMILES string of the molecule is CN=C(NCc1cccc2cccnc12)N1CCN(c2ccc(OC)cc2)CC1. The third-order valence-corrected chi connectivity index (χ3v) is 5.38. The van der Waals surface area contributed by atoms with Crippen LogP contribution in [-0.2, 0) is 6.54 Å². The molecule has 1 aliphatic heterocycles. The van der Waals surface area contributed by atoms with Crippen LogP contribution in [0.1, 0.15) is 5.56 Å². The van der Waals surface area contributed by atoms with Crippen molar-refractivity contribution in [2.45, 2.75) is 6.54 Å². The summed E-state index contributed by atoms with van der Waals surface area (Å²) in [5.74, 6) is 1.83. The molecular formula is C23H27N5O. The molecule has 6 heteroatoms. The van der Waals surface area contributed by atoms with E-state index in [1.807, 2.05) is 31.4 Å². The molecule has 1 N–H and O–H groups in total. The first-order chi connectivity index (χ1) is 14.3. The summed E-state index contributed by atoms with van der Waals surface area (Å²) in [5.41, 5.74) is 3.46. The molecule has 0 spiro atoms. The molecule has 150 valence electrons. The molecule has 29 heavy (non-hydrogen) atoms. The van der Waals surface area contributed by atoms with Crippen molar-refractivity contribution >= 4 is 22.5 Å². The van der Waals surface area contributed by atoms with Gasteiger partial charge in [-0.1, -0.05) is 24.3 Å². The first-order valence-corrected chi connectivity index (χ1v) is 9.95. The van der Waals surface area contributed by atoms with Gasteiger partial charge in [0.25, 0.3) is 0 Å². The normalized spacial score (nSPS) is 14.9. The topological polar surface area (TPSA) is 53.0 Å². The van der Waals surface area contributed by atoms with E-state index in [0.717, 1.165) is 48.8 Å². The fourth-order valence-electron chi connectivity index (χ4n) is 3.79. The van der Waals surface area contributed by atoms with E-state index in [0.29, 0.717) is 6.54 Å². The number of hydrogen-bond donors (Lipinski definition) is 1. The van der Waals surface area contributed by atoms with Crippen LogP contribution < -0.4 is 15.0 Å². The fourth-order valence-corrected chi connectivity index (χ4v) is 3.79. The Morgan fingerprint density at radius 1 is 1.03 bits per heavy atom. The van der Waals surface area contributed by atoms with Gasteiger partial charge < -0.3 is 19.9 Å². The molecule has 4 rings (SSSR count). The minimum atomic E-state index is 0.708. The van der Waals surface area contributed by atoms with Crippen molar-refractivity contribution in [2.24, 2.45) is 4.99 Å². The average molecular weight is 390 g/mol. The van der Waals surface area contributed by atoms with Crippen LogP contribution in [0.4, 0.5) is 5.69 Å². The molecule has 0 bridgehead atoms. The lowest BCUT2D eigenvalue weighted by Gasteiger charge is -2.37. The van der Waals surface area contributed by atoms with Crippen LogP contribution in [0, 0.1) is 0 Å². The lowest BCUT2D eigenvalue weighted by atomic mass is 10.1. The third kappa shape index (κ3) is 4.26. The Morgan fingerprint density at radius 2 is 1.79 bits per heavy atom. The zero-order chi connectivity index (χ0) is 20.1. The second-order valence-electron chi connectivity index (χ2n) is 7.07. The lowest BCUT2D eigenvalue weighted by Crippen LogP contribution is -2.52. The molecule has 0 amide bonds. The molecule has 1 aliphatic rings. The third-order valence-electron chi connectivity index (χ3n) is 5.38. The molecule has 2 aromatic carbocycles. The predicted octanol–water partition coefficient (Wildman–Crippen LogP) is 3.14. The Hall–Kier alpha value is -3.28. The van der Waals surface area contributed by atoms with Crippen LogP contribution in [0.5, 0.6) is 5.75 Å². The van der Waals surface area contributed by atoms with Gasteiger partial charge in [0.15, 0.2) is 5.96 Å². The monoisotopic (exact) mass is 389 g/mol. The molecule has 2 heterocycles. The minimum Gasteiger partial charge on any atom is -0.497 e. The van der Waals surface area contributed by atoms with E-state index in [2.05, 4.69) is 61.5 Å². The molecule has 1 aromatic heterocycles. The minimum absolute atomic E-state index is 0.708. The van der Waals surface area contributed by atoms with Crippen LogP contribution >= 0.6 is 0 Å². The highest BCUT2D eigenvalue weighted by Gasteiger charge is 2.20. The van der Waals surface area contributed by atoms with E-state index >= 15 is 0 Å². The van der Waals surface area contributed by atoms with Gasteiger partial charge >= 0.3 is 0 Å². The average Bonchev–Trinajstić information content (AvgIpc) is 2.80. The number of aromatic nitrogens is 1. The highest BCUT2D eigenvalue weighted by molar-refractivity contribution is 5.83. The second kappa shape index (κ2) is 8.82. The maximum atomic E-state index is 5.25. The van der Waals surface area contributed by atoms with Crippen molar-refractivity contribution in [2.75, 3.05) is 45.2 Å². The van der Waals surface area contributed by atoms with E-state index in [-0.39, 0.29) is 0 Å². The summed E-state index contributed by atoms with van der Waals surface area (Å²) >= 11 is 0. The van der Waals surface area contributed by atoms with Crippen molar-refractivity contribution in [3.63, 3.8) is 0 Å². The lowest BCUT2D eigenvalue weighted by molar-refractivity contribution is 0.372. The standard InChI is InChI=1S/C23H27N5O/c1-24-23(26-17-19-6-3-5-18-7-4-12-25-22(18)19)28-15-13-27(14-16-28)20-8-10-21(29-2)11-9-20/h3-12H,13-17H2,1-2H3,(H,24,26). The number of nitrogens with one attached hydrogen (secondary N) is 1. The van der Waals surface area contributed by atoms with Gasteiger partial charge in [0.05, 0.1) is 12.6 Å². The van der Waals surface area contributed by atoms with Crippen molar-refractivity contribution in [3.05, 3.63) is 66.4 Å². The molecule has 3 aromatic rings. The molecule has 6 nitrogen and oxygen atoms in total. The molecular weight excluding hydrogens is 362 g/mol. The number of benzene rings is 2. The Balaban J connectivity index is 1.36. The van der Waals surface area contributed by atoms with Crippen LogP contribution in [0.15, 0.2) is 65.8 Å². The van der Waals surface area contributed by atoms with Gasteiger partial charge in [-0.2, -0.15) is 0 Å². The summed E-state index contributed by atoms with van der Waals surface area (Å²) < 4.78 is 5.25. The first kappa shape index (κ1) is 19.1. The van der Waals surface area contributed by atoms with Crippen LogP contribution in [0.2, 0.25) is 0 Å². The van der Waals surface area contributed by atoms with E-state index in [9.17, 15) is 0 Å². The maximum absolute atomic E-state index is 5.25. The van der Waals surface area contributed by atoms with Gasteiger partial charge in [-0.15, -0.1) is 0 Å². The number of piperazine rings is 1. The van der Waals surface area contributed by atoms with Crippen LogP contribution in [-0.4, -0.2) is 56.2 Å². The van der Waals surface area contributed by atoms with Gasteiger partial charge in [0, 0.05) is 57.0 Å². The van der Waals surface area contributed by atoms with Gasteiger partial charge in [-0.05, 0) is 35.9 Å². The second-order valence-corrected chi connectivity index (χ2v) is 7.07.